The largest absolute Gasteiger partial charge is 0.390 e. The molecule has 0 fully saturated rings. The Morgan fingerprint density at radius 3 is 2.60 bits per heavy atom. The highest BCUT2D eigenvalue weighted by Crippen LogP contribution is 2.19. The van der Waals surface area contributed by atoms with Crippen LogP contribution in [0.4, 0.5) is 0 Å². The lowest BCUT2D eigenvalue weighted by Crippen LogP contribution is -1.98. The third-order valence-electron chi connectivity index (χ3n) is 3.38. The Kier molecular flexibility index (Phi) is 3.47. The second-order valence-corrected chi connectivity index (χ2v) is 5.34. The molecule has 3 aromatic rings. The number of halogens is 1. The number of pyridine rings is 1. The van der Waals surface area contributed by atoms with Gasteiger partial charge in [0.15, 0.2) is 0 Å². The average Bonchev–Trinajstić information content (AvgIpc) is 2.78. The van der Waals surface area contributed by atoms with Crippen LogP contribution in [0.25, 0.3) is 5.65 Å². The molecule has 3 rings (SSSR count). The molecule has 0 aliphatic rings. The molecule has 0 spiro atoms. The van der Waals surface area contributed by atoms with Crippen LogP contribution in [-0.4, -0.2) is 14.5 Å². The van der Waals surface area contributed by atoms with E-state index in [1.54, 1.807) is 0 Å². The molecule has 0 saturated carbocycles. The molecule has 0 amide bonds. The summed E-state index contributed by atoms with van der Waals surface area (Å²) in [6.45, 7) is 2.01. The fourth-order valence-electron chi connectivity index (χ4n) is 2.35. The minimum atomic E-state index is -0.0203. The molecule has 1 aromatic carbocycles. The number of aromatic nitrogens is 2. The standard InChI is InChI=1S/C16H15ClN2O/c1-11-2-7-16-18-14(15(10-20)19(16)9-11)8-12-3-5-13(17)6-4-12/h2-7,9,20H,8,10H2,1H3. The Balaban J connectivity index is 2.04. The van der Waals surface area contributed by atoms with Gasteiger partial charge in [0.1, 0.15) is 5.65 Å². The number of aryl methyl sites for hydroxylation is 1. The number of fused-ring (bicyclic) bond motifs is 1. The van der Waals surface area contributed by atoms with Gasteiger partial charge in [-0.1, -0.05) is 29.8 Å². The van der Waals surface area contributed by atoms with Crippen molar-refractivity contribution in [1.29, 1.82) is 0 Å². The second kappa shape index (κ2) is 5.27. The molecule has 0 unspecified atom stereocenters. The molecule has 1 N–H and O–H groups in total. The third kappa shape index (κ3) is 2.42. The van der Waals surface area contributed by atoms with Crippen LogP contribution in [0.15, 0.2) is 42.6 Å². The number of rotatable bonds is 3. The molecule has 0 atom stereocenters. The van der Waals surface area contributed by atoms with Gasteiger partial charge in [-0.15, -0.1) is 0 Å². The van der Waals surface area contributed by atoms with Gasteiger partial charge >= 0.3 is 0 Å². The second-order valence-electron chi connectivity index (χ2n) is 4.90. The molecule has 102 valence electrons. The van der Waals surface area contributed by atoms with Crippen molar-refractivity contribution in [2.45, 2.75) is 20.0 Å². The Morgan fingerprint density at radius 1 is 1.15 bits per heavy atom. The van der Waals surface area contributed by atoms with Crippen molar-refractivity contribution in [3.8, 4) is 0 Å². The number of aliphatic hydroxyl groups excluding tert-OH is 1. The Labute approximate surface area is 122 Å². The predicted molar refractivity (Wildman–Crippen MR) is 80.1 cm³/mol. The fraction of sp³-hybridized carbons (Fsp3) is 0.188. The van der Waals surface area contributed by atoms with Crippen molar-refractivity contribution in [3.63, 3.8) is 0 Å². The Bertz CT molecular complexity index is 747. The van der Waals surface area contributed by atoms with Crippen LogP contribution < -0.4 is 0 Å². The van der Waals surface area contributed by atoms with Crippen LogP contribution in [0.3, 0.4) is 0 Å². The van der Waals surface area contributed by atoms with Crippen LogP contribution in [0.2, 0.25) is 5.02 Å². The van der Waals surface area contributed by atoms with Crippen LogP contribution in [0, 0.1) is 6.92 Å². The average molecular weight is 287 g/mol. The van der Waals surface area contributed by atoms with Crippen molar-refractivity contribution >= 4 is 17.2 Å². The minimum Gasteiger partial charge on any atom is -0.390 e. The summed E-state index contributed by atoms with van der Waals surface area (Å²) in [6.07, 6.45) is 2.69. The first-order valence-electron chi connectivity index (χ1n) is 6.49. The first-order chi connectivity index (χ1) is 9.67. The van der Waals surface area contributed by atoms with Gasteiger partial charge in [-0.3, -0.25) is 0 Å². The Morgan fingerprint density at radius 2 is 1.90 bits per heavy atom. The van der Waals surface area contributed by atoms with Gasteiger partial charge in [-0.05, 0) is 36.2 Å². The highest BCUT2D eigenvalue weighted by molar-refractivity contribution is 6.30. The number of benzene rings is 1. The molecular weight excluding hydrogens is 272 g/mol. The van der Waals surface area contributed by atoms with Gasteiger partial charge < -0.3 is 9.51 Å². The molecule has 0 bridgehead atoms. The van der Waals surface area contributed by atoms with E-state index in [0.29, 0.717) is 6.42 Å². The topological polar surface area (TPSA) is 37.5 Å². The summed E-state index contributed by atoms with van der Waals surface area (Å²) in [7, 11) is 0. The van der Waals surface area contributed by atoms with E-state index in [4.69, 9.17) is 11.6 Å². The van der Waals surface area contributed by atoms with E-state index in [9.17, 15) is 5.11 Å². The lowest BCUT2D eigenvalue weighted by atomic mass is 10.1. The van der Waals surface area contributed by atoms with Gasteiger partial charge in [-0.2, -0.15) is 0 Å². The maximum atomic E-state index is 9.64. The molecule has 20 heavy (non-hydrogen) atoms. The van der Waals surface area contributed by atoms with Crippen molar-refractivity contribution < 1.29 is 5.11 Å². The van der Waals surface area contributed by atoms with Crippen molar-refractivity contribution in [2.24, 2.45) is 0 Å². The summed E-state index contributed by atoms with van der Waals surface area (Å²) >= 11 is 5.90. The van der Waals surface area contributed by atoms with Crippen LogP contribution >= 0.6 is 11.6 Å². The van der Waals surface area contributed by atoms with Gasteiger partial charge in [-0.25, -0.2) is 4.98 Å². The van der Waals surface area contributed by atoms with Crippen LogP contribution in [0.5, 0.6) is 0 Å². The number of imidazole rings is 1. The van der Waals surface area contributed by atoms with E-state index in [0.717, 1.165) is 33.2 Å². The summed E-state index contributed by atoms with van der Waals surface area (Å²) in [6, 6.07) is 11.7. The van der Waals surface area contributed by atoms with Gasteiger partial charge in [0.25, 0.3) is 0 Å². The lowest BCUT2D eigenvalue weighted by Gasteiger charge is -2.03. The van der Waals surface area contributed by atoms with Gasteiger partial charge in [0.2, 0.25) is 0 Å². The maximum absolute atomic E-state index is 9.64. The summed E-state index contributed by atoms with van der Waals surface area (Å²) < 4.78 is 1.96. The van der Waals surface area contributed by atoms with Crippen molar-refractivity contribution in [3.05, 3.63) is 70.1 Å². The predicted octanol–water partition coefficient (Wildman–Crippen LogP) is 3.38. The maximum Gasteiger partial charge on any atom is 0.137 e. The number of nitrogens with zero attached hydrogens (tertiary/aromatic N) is 2. The summed E-state index contributed by atoms with van der Waals surface area (Å²) in [5, 5.41) is 10.4. The monoisotopic (exact) mass is 286 g/mol. The molecular formula is C16H15ClN2O. The zero-order valence-corrected chi connectivity index (χ0v) is 11.9. The first-order valence-corrected chi connectivity index (χ1v) is 6.87. The van der Waals surface area contributed by atoms with Crippen molar-refractivity contribution in [2.75, 3.05) is 0 Å². The van der Waals surface area contributed by atoms with E-state index in [1.165, 1.54) is 0 Å². The Hall–Kier alpha value is -1.84. The molecule has 0 aliphatic heterocycles. The number of aliphatic hydroxyl groups is 1. The van der Waals surface area contributed by atoms with Gasteiger partial charge in [0.05, 0.1) is 18.0 Å². The van der Waals surface area contributed by atoms with E-state index >= 15 is 0 Å². The summed E-state index contributed by atoms with van der Waals surface area (Å²) in [4.78, 5) is 4.61. The van der Waals surface area contributed by atoms with Gasteiger partial charge in [0, 0.05) is 17.6 Å². The third-order valence-corrected chi connectivity index (χ3v) is 3.63. The minimum absolute atomic E-state index is 0.0203. The number of hydrogen-bond donors (Lipinski definition) is 1. The highest BCUT2D eigenvalue weighted by Gasteiger charge is 2.11. The summed E-state index contributed by atoms with van der Waals surface area (Å²) in [5.41, 5.74) is 4.88. The smallest absolute Gasteiger partial charge is 0.137 e. The molecule has 2 heterocycles. The fourth-order valence-corrected chi connectivity index (χ4v) is 2.48. The van der Waals surface area contributed by atoms with Crippen LogP contribution in [-0.2, 0) is 13.0 Å². The molecule has 2 aromatic heterocycles. The first kappa shape index (κ1) is 13.2. The zero-order chi connectivity index (χ0) is 14.1. The van der Waals surface area contributed by atoms with E-state index < -0.39 is 0 Å². The lowest BCUT2D eigenvalue weighted by molar-refractivity contribution is 0.274. The number of hydrogen-bond acceptors (Lipinski definition) is 2. The quantitative estimate of drug-likeness (QED) is 0.801. The SMILES string of the molecule is Cc1ccc2nc(Cc3ccc(Cl)cc3)c(CO)n2c1. The molecule has 0 saturated heterocycles. The van der Waals surface area contributed by atoms with Crippen molar-refractivity contribution in [1.82, 2.24) is 9.38 Å². The summed E-state index contributed by atoms with van der Waals surface area (Å²) in [5.74, 6) is 0. The zero-order valence-electron chi connectivity index (χ0n) is 11.2. The molecule has 0 aliphatic carbocycles. The van der Waals surface area contributed by atoms with Crippen LogP contribution in [0.1, 0.15) is 22.5 Å². The molecule has 4 heteroatoms. The van der Waals surface area contributed by atoms with E-state index in [1.807, 2.05) is 53.9 Å². The van der Waals surface area contributed by atoms with E-state index in [-0.39, 0.29) is 6.61 Å². The molecule has 3 nitrogen and oxygen atoms in total. The molecule has 0 radical (unpaired) electrons. The van der Waals surface area contributed by atoms with E-state index in [2.05, 4.69) is 4.98 Å². The normalized spacial score (nSPS) is 11.2. The highest BCUT2D eigenvalue weighted by atomic mass is 35.5.